The molecule has 2 nitrogen and oxygen atoms in total. The molecule has 0 atom stereocenters. The van der Waals surface area contributed by atoms with E-state index in [0.717, 1.165) is 25.0 Å². The van der Waals surface area contributed by atoms with E-state index in [-0.39, 0.29) is 12.4 Å². The van der Waals surface area contributed by atoms with Crippen LogP contribution in [0.25, 0.3) is 0 Å². The molecule has 2 rings (SSSR count). The molecule has 1 heterocycles. The van der Waals surface area contributed by atoms with Crippen LogP contribution in [-0.2, 0) is 4.74 Å². The van der Waals surface area contributed by atoms with Gasteiger partial charge in [0.1, 0.15) is 0 Å². The number of halogens is 1. The van der Waals surface area contributed by atoms with Crippen molar-refractivity contribution in [2.24, 2.45) is 11.8 Å². The van der Waals surface area contributed by atoms with Gasteiger partial charge in [-0.25, -0.2) is 0 Å². The van der Waals surface area contributed by atoms with Gasteiger partial charge in [-0.15, -0.1) is 12.4 Å². The summed E-state index contributed by atoms with van der Waals surface area (Å²) in [6.45, 7) is 4.43. The Labute approximate surface area is 99.6 Å². The zero-order valence-electron chi connectivity index (χ0n) is 9.54. The maximum atomic E-state index is 5.83. The fourth-order valence-electron chi connectivity index (χ4n) is 2.63. The van der Waals surface area contributed by atoms with Crippen molar-refractivity contribution in [1.29, 1.82) is 0 Å². The van der Waals surface area contributed by atoms with Crippen LogP contribution in [0.1, 0.15) is 38.5 Å². The van der Waals surface area contributed by atoms with Gasteiger partial charge in [0.05, 0.1) is 0 Å². The highest BCUT2D eigenvalue weighted by atomic mass is 35.5. The van der Waals surface area contributed by atoms with Crippen LogP contribution in [0.4, 0.5) is 0 Å². The third-order valence-corrected chi connectivity index (χ3v) is 3.64. The highest BCUT2D eigenvalue weighted by Gasteiger charge is 2.17. The van der Waals surface area contributed by atoms with E-state index in [1.54, 1.807) is 0 Å². The predicted molar refractivity (Wildman–Crippen MR) is 65.6 cm³/mol. The highest BCUT2D eigenvalue weighted by molar-refractivity contribution is 5.85. The number of hydrogen-bond acceptors (Lipinski definition) is 2. The summed E-state index contributed by atoms with van der Waals surface area (Å²) in [6.07, 6.45) is 8.30. The largest absolute Gasteiger partial charge is 0.381 e. The van der Waals surface area contributed by atoms with Crippen molar-refractivity contribution in [3.05, 3.63) is 0 Å². The lowest BCUT2D eigenvalue weighted by molar-refractivity contribution is 0.0638. The molecule has 1 aliphatic carbocycles. The standard InChI is InChI=1S/C12H23NO.ClH/c1-2-4-11(3-1)9-14-10-12-5-7-13-8-6-12;/h11-13H,1-10H2;1H. The average Bonchev–Trinajstić information content (AvgIpc) is 2.72. The van der Waals surface area contributed by atoms with E-state index in [9.17, 15) is 0 Å². The predicted octanol–water partition coefficient (Wildman–Crippen LogP) is 2.61. The summed E-state index contributed by atoms with van der Waals surface area (Å²) in [7, 11) is 0. The molecule has 0 aromatic carbocycles. The van der Waals surface area contributed by atoms with Crippen LogP contribution in [0.15, 0.2) is 0 Å². The van der Waals surface area contributed by atoms with Gasteiger partial charge < -0.3 is 10.1 Å². The van der Waals surface area contributed by atoms with Crippen molar-refractivity contribution >= 4 is 12.4 Å². The fraction of sp³-hybridized carbons (Fsp3) is 1.00. The van der Waals surface area contributed by atoms with Crippen molar-refractivity contribution in [2.75, 3.05) is 26.3 Å². The average molecular weight is 234 g/mol. The first-order valence-electron chi connectivity index (χ1n) is 6.23. The zero-order chi connectivity index (χ0) is 9.64. The fourth-order valence-corrected chi connectivity index (χ4v) is 2.63. The van der Waals surface area contributed by atoms with E-state index in [4.69, 9.17) is 4.74 Å². The summed E-state index contributed by atoms with van der Waals surface area (Å²) in [5, 5.41) is 3.39. The topological polar surface area (TPSA) is 21.3 Å². The minimum absolute atomic E-state index is 0. The van der Waals surface area contributed by atoms with Crippen LogP contribution in [0, 0.1) is 11.8 Å². The Hall–Kier alpha value is 0.210. The van der Waals surface area contributed by atoms with Crippen LogP contribution >= 0.6 is 12.4 Å². The second-order valence-corrected chi connectivity index (χ2v) is 4.88. The number of ether oxygens (including phenoxy) is 1. The third kappa shape index (κ3) is 4.71. The molecule has 0 spiro atoms. The van der Waals surface area contributed by atoms with Gasteiger partial charge in [0.2, 0.25) is 0 Å². The highest BCUT2D eigenvalue weighted by Crippen LogP contribution is 2.25. The normalized spacial score (nSPS) is 24.0. The Balaban J connectivity index is 0.00000112. The molecule has 0 bridgehead atoms. The Morgan fingerprint density at radius 1 is 0.867 bits per heavy atom. The molecular weight excluding hydrogens is 210 g/mol. The second-order valence-electron chi connectivity index (χ2n) is 4.88. The lowest BCUT2D eigenvalue weighted by atomic mass is 9.99. The van der Waals surface area contributed by atoms with Crippen molar-refractivity contribution in [3.63, 3.8) is 0 Å². The van der Waals surface area contributed by atoms with E-state index in [1.807, 2.05) is 0 Å². The third-order valence-electron chi connectivity index (χ3n) is 3.64. The molecule has 1 N–H and O–H groups in total. The van der Waals surface area contributed by atoms with Crippen LogP contribution in [0.5, 0.6) is 0 Å². The molecule has 0 aromatic heterocycles. The lowest BCUT2D eigenvalue weighted by Crippen LogP contribution is -2.30. The summed E-state index contributed by atoms with van der Waals surface area (Å²) >= 11 is 0. The van der Waals surface area contributed by atoms with Crippen LogP contribution in [0.2, 0.25) is 0 Å². The SMILES string of the molecule is C1CCC(COCC2CCNCC2)C1.Cl. The van der Waals surface area contributed by atoms with Gasteiger partial charge in [0.25, 0.3) is 0 Å². The van der Waals surface area contributed by atoms with E-state index in [1.165, 1.54) is 51.6 Å². The summed E-state index contributed by atoms with van der Waals surface area (Å²) < 4.78 is 5.83. The molecule has 15 heavy (non-hydrogen) atoms. The first kappa shape index (κ1) is 13.3. The quantitative estimate of drug-likeness (QED) is 0.806. The number of rotatable bonds is 4. The first-order chi connectivity index (χ1) is 6.95. The molecule has 1 saturated heterocycles. The van der Waals surface area contributed by atoms with E-state index < -0.39 is 0 Å². The number of nitrogens with one attached hydrogen (secondary N) is 1. The Kier molecular flexibility index (Phi) is 6.62. The van der Waals surface area contributed by atoms with E-state index in [0.29, 0.717) is 0 Å². The van der Waals surface area contributed by atoms with Gasteiger partial charge in [0.15, 0.2) is 0 Å². The molecule has 2 fully saturated rings. The van der Waals surface area contributed by atoms with Crippen LogP contribution in [0.3, 0.4) is 0 Å². The van der Waals surface area contributed by atoms with Gasteiger partial charge in [-0.3, -0.25) is 0 Å². The summed E-state index contributed by atoms with van der Waals surface area (Å²) in [4.78, 5) is 0. The summed E-state index contributed by atoms with van der Waals surface area (Å²) in [5.41, 5.74) is 0. The Bertz CT molecular complexity index is 154. The molecule has 2 aliphatic rings. The summed E-state index contributed by atoms with van der Waals surface area (Å²) in [5.74, 6) is 1.72. The smallest absolute Gasteiger partial charge is 0.0495 e. The monoisotopic (exact) mass is 233 g/mol. The maximum Gasteiger partial charge on any atom is 0.0495 e. The van der Waals surface area contributed by atoms with Crippen molar-refractivity contribution in [1.82, 2.24) is 5.32 Å². The maximum absolute atomic E-state index is 5.83. The van der Waals surface area contributed by atoms with Gasteiger partial charge >= 0.3 is 0 Å². The Morgan fingerprint density at radius 2 is 1.40 bits per heavy atom. The van der Waals surface area contributed by atoms with Gasteiger partial charge in [0, 0.05) is 13.2 Å². The van der Waals surface area contributed by atoms with Crippen molar-refractivity contribution < 1.29 is 4.74 Å². The molecule has 0 radical (unpaired) electrons. The minimum atomic E-state index is 0. The first-order valence-corrected chi connectivity index (χ1v) is 6.23. The summed E-state index contributed by atoms with van der Waals surface area (Å²) in [6, 6.07) is 0. The molecule has 90 valence electrons. The molecule has 0 unspecified atom stereocenters. The molecular formula is C12H24ClNO. The van der Waals surface area contributed by atoms with Gasteiger partial charge in [-0.1, -0.05) is 12.8 Å². The van der Waals surface area contributed by atoms with Crippen molar-refractivity contribution in [3.8, 4) is 0 Å². The Morgan fingerprint density at radius 3 is 2.00 bits per heavy atom. The number of hydrogen-bond donors (Lipinski definition) is 1. The molecule has 1 saturated carbocycles. The van der Waals surface area contributed by atoms with Crippen LogP contribution in [-0.4, -0.2) is 26.3 Å². The minimum Gasteiger partial charge on any atom is -0.381 e. The number of piperidine rings is 1. The van der Waals surface area contributed by atoms with E-state index >= 15 is 0 Å². The molecule has 0 aromatic rings. The zero-order valence-corrected chi connectivity index (χ0v) is 10.4. The molecule has 3 heteroatoms. The second kappa shape index (κ2) is 7.48. The van der Waals surface area contributed by atoms with Gasteiger partial charge in [-0.2, -0.15) is 0 Å². The molecule has 1 aliphatic heterocycles. The molecule has 0 amide bonds. The van der Waals surface area contributed by atoms with Crippen molar-refractivity contribution in [2.45, 2.75) is 38.5 Å². The van der Waals surface area contributed by atoms with E-state index in [2.05, 4.69) is 5.32 Å². The lowest BCUT2D eigenvalue weighted by Gasteiger charge is -2.23. The van der Waals surface area contributed by atoms with Gasteiger partial charge in [-0.05, 0) is 50.6 Å². The van der Waals surface area contributed by atoms with Crippen LogP contribution < -0.4 is 5.32 Å².